The fourth-order valence-corrected chi connectivity index (χ4v) is 5.62. The number of pyridine rings is 1. The number of anilines is 1. The second-order valence-electron chi connectivity index (χ2n) is 8.85. The molecule has 0 radical (unpaired) electrons. The zero-order valence-electron chi connectivity index (χ0n) is 17.5. The number of hydrogen-bond acceptors (Lipinski definition) is 3. The number of fused-ring (bicyclic) bond motifs is 6. The van der Waals surface area contributed by atoms with Gasteiger partial charge in [-0.3, -0.25) is 0 Å². The number of nitrogen functional groups attached to an aromatic ring is 1. The largest absolute Gasteiger partial charge is 0.392 e. The summed E-state index contributed by atoms with van der Waals surface area (Å²) in [6.45, 7) is 2.40. The van der Waals surface area contributed by atoms with Gasteiger partial charge in [-0.05, 0) is 75.2 Å². The van der Waals surface area contributed by atoms with Crippen molar-refractivity contribution < 1.29 is 5.11 Å². The van der Waals surface area contributed by atoms with Crippen LogP contribution < -0.4 is 5.73 Å². The quantitative estimate of drug-likeness (QED) is 0.386. The third-order valence-electron chi connectivity index (χ3n) is 7.13. The first-order valence-corrected chi connectivity index (χ1v) is 10.9. The number of aromatic nitrogens is 2. The first-order chi connectivity index (χ1) is 15.2. The van der Waals surface area contributed by atoms with E-state index in [1.165, 1.54) is 32.7 Å². The summed E-state index contributed by atoms with van der Waals surface area (Å²) < 4.78 is 2.37. The molecule has 154 valence electrons. The standard InChI is InChI=1S/C27H25N3O/c1-16-12-23-18(14-25(16)30-11-9-22-24(30)8-10-29-27(22)28)6-7-21-20-5-3-2-4-17(20)13-19(15-31)26(21)23/h2-11,13,16,25,31H,12,14-15H2,1H3,(H2,28,29). The number of aliphatic hydroxyl groups excluding tert-OH is 1. The predicted molar refractivity (Wildman–Crippen MR) is 127 cm³/mol. The lowest BCUT2D eigenvalue weighted by Gasteiger charge is -2.34. The summed E-state index contributed by atoms with van der Waals surface area (Å²) in [5.74, 6) is 1.05. The summed E-state index contributed by atoms with van der Waals surface area (Å²) in [4.78, 5) is 4.24. The van der Waals surface area contributed by atoms with E-state index in [0.717, 1.165) is 29.3 Å². The van der Waals surface area contributed by atoms with Gasteiger partial charge in [-0.2, -0.15) is 0 Å². The van der Waals surface area contributed by atoms with Crippen LogP contribution in [-0.4, -0.2) is 14.7 Å². The lowest BCUT2D eigenvalue weighted by Crippen LogP contribution is -2.26. The number of nitrogens with two attached hydrogens (primary N) is 1. The van der Waals surface area contributed by atoms with Gasteiger partial charge in [0.05, 0.1) is 12.1 Å². The van der Waals surface area contributed by atoms with Crippen LogP contribution in [-0.2, 0) is 19.4 Å². The third kappa shape index (κ3) is 2.68. The molecule has 1 aliphatic rings. The summed E-state index contributed by atoms with van der Waals surface area (Å²) in [6, 6.07) is 19.7. The Kier molecular flexibility index (Phi) is 4.05. The van der Waals surface area contributed by atoms with Crippen LogP contribution >= 0.6 is 0 Å². The van der Waals surface area contributed by atoms with Crippen molar-refractivity contribution in [2.24, 2.45) is 5.92 Å². The minimum atomic E-state index is 0.0596. The minimum Gasteiger partial charge on any atom is -0.392 e. The number of benzene rings is 3. The molecule has 0 bridgehead atoms. The van der Waals surface area contributed by atoms with Gasteiger partial charge in [0.25, 0.3) is 0 Å². The molecular formula is C27H25N3O. The zero-order chi connectivity index (χ0) is 21.1. The highest BCUT2D eigenvalue weighted by molar-refractivity contribution is 6.10. The Labute approximate surface area is 180 Å². The molecule has 6 rings (SSSR count). The topological polar surface area (TPSA) is 64.1 Å². The molecule has 0 amide bonds. The minimum absolute atomic E-state index is 0.0596. The molecule has 0 aliphatic heterocycles. The van der Waals surface area contributed by atoms with Crippen molar-refractivity contribution in [1.29, 1.82) is 0 Å². The second-order valence-corrected chi connectivity index (χ2v) is 8.85. The van der Waals surface area contributed by atoms with Gasteiger partial charge in [-0.1, -0.05) is 43.3 Å². The molecule has 4 nitrogen and oxygen atoms in total. The van der Waals surface area contributed by atoms with Crippen LogP contribution in [0.15, 0.2) is 67.0 Å². The lowest BCUT2D eigenvalue weighted by atomic mass is 9.77. The average Bonchev–Trinajstić information content (AvgIpc) is 3.23. The highest BCUT2D eigenvalue weighted by Gasteiger charge is 2.29. The smallest absolute Gasteiger partial charge is 0.132 e. The number of aliphatic hydroxyl groups is 1. The normalized spacial score (nSPS) is 18.6. The molecule has 2 atom stereocenters. The zero-order valence-corrected chi connectivity index (χ0v) is 17.5. The Bertz CT molecular complexity index is 1470. The van der Waals surface area contributed by atoms with Gasteiger partial charge < -0.3 is 15.4 Å². The molecule has 4 heteroatoms. The summed E-state index contributed by atoms with van der Waals surface area (Å²) in [5, 5.41) is 16.1. The fourth-order valence-electron chi connectivity index (χ4n) is 5.62. The van der Waals surface area contributed by atoms with Gasteiger partial charge in [0, 0.05) is 23.8 Å². The van der Waals surface area contributed by atoms with Gasteiger partial charge in [0.1, 0.15) is 5.82 Å². The monoisotopic (exact) mass is 407 g/mol. The SMILES string of the molecule is CC1Cc2c(ccc3c2c(CO)cc2ccccc23)CC1n1ccc2c(N)nccc21. The van der Waals surface area contributed by atoms with Crippen LogP contribution in [0, 0.1) is 5.92 Å². The second kappa shape index (κ2) is 6.82. The van der Waals surface area contributed by atoms with Gasteiger partial charge in [-0.25, -0.2) is 4.98 Å². The van der Waals surface area contributed by atoms with E-state index in [1.807, 2.05) is 0 Å². The Balaban J connectivity index is 1.53. The van der Waals surface area contributed by atoms with Crippen LogP contribution in [0.25, 0.3) is 32.4 Å². The average molecular weight is 408 g/mol. The summed E-state index contributed by atoms with van der Waals surface area (Å²) >= 11 is 0. The fraction of sp³-hybridized carbons (Fsp3) is 0.222. The van der Waals surface area contributed by atoms with E-state index < -0.39 is 0 Å². The molecule has 1 aliphatic carbocycles. The first kappa shape index (κ1) is 18.4. The first-order valence-electron chi connectivity index (χ1n) is 10.9. The maximum Gasteiger partial charge on any atom is 0.132 e. The molecule has 2 unspecified atom stereocenters. The predicted octanol–water partition coefficient (Wildman–Crippen LogP) is 5.39. The third-order valence-corrected chi connectivity index (χ3v) is 7.13. The maximum atomic E-state index is 10.2. The number of nitrogens with zero attached hydrogens (tertiary/aromatic N) is 2. The number of rotatable bonds is 2. The highest BCUT2D eigenvalue weighted by atomic mass is 16.3. The van der Waals surface area contributed by atoms with Crippen molar-refractivity contribution in [3.05, 3.63) is 83.7 Å². The molecule has 3 aromatic carbocycles. The lowest BCUT2D eigenvalue weighted by molar-refractivity contribution is 0.283. The van der Waals surface area contributed by atoms with Crippen molar-refractivity contribution >= 4 is 38.3 Å². The van der Waals surface area contributed by atoms with Gasteiger partial charge >= 0.3 is 0 Å². The van der Waals surface area contributed by atoms with E-state index in [2.05, 4.69) is 77.3 Å². The molecule has 0 saturated carbocycles. The van der Waals surface area contributed by atoms with Gasteiger partial charge in [0.2, 0.25) is 0 Å². The number of hydrogen-bond donors (Lipinski definition) is 2. The summed E-state index contributed by atoms with van der Waals surface area (Å²) in [6.07, 6.45) is 5.91. The highest BCUT2D eigenvalue weighted by Crippen LogP contribution is 2.41. The van der Waals surface area contributed by atoms with Crippen LogP contribution in [0.5, 0.6) is 0 Å². The van der Waals surface area contributed by atoms with Crippen molar-refractivity contribution in [3.8, 4) is 0 Å². The molecule has 0 saturated heterocycles. The molecule has 5 aromatic rings. The van der Waals surface area contributed by atoms with Crippen LogP contribution in [0.2, 0.25) is 0 Å². The molecular weight excluding hydrogens is 382 g/mol. The van der Waals surface area contributed by atoms with E-state index in [4.69, 9.17) is 5.73 Å². The van der Waals surface area contributed by atoms with Crippen molar-refractivity contribution in [2.75, 3.05) is 5.73 Å². The van der Waals surface area contributed by atoms with Crippen LogP contribution in [0.4, 0.5) is 5.82 Å². The summed E-state index contributed by atoms with van der Waals surface area (Å²) in [5.41, 5.74) is 11.1. The Morgan fingerprint density at radius 3 is 2.77 bits per heavy atom. The van der Waals surface area contributed by atoms with E-state index in [-0.39, 0.29) is 6.61 Å². The molecule has 2 heterocycles. The van der Waals surface area contributed by atoms with E-state index in [9.17, 15) is 5.11 Å². The molecule has 2 aromatic heterocycles. The van der Waals surface area contributed by atoms with Gasteiger partial charge in [-0.15, -0.1) is 0 Å². The molecule has 3 N–H and O–H groups in total. The summed E-state index contributed by atoms with van der Waals surface area (Å²) in [7, 11) is 0. The van der Waals surface area contributed by atoms with Crippen molar-refractivity contribution in [3.63, 3.8) is 0 Å². The van der Waals surface area contributed by atoms with E-state index in [0.29, 0.717) is 17.8 Å². The Morgan fingerprint density at radius 2 is 1.90 bits per heavy atom. The maximum absolute atomic E-state index is 10.2. The molecule has 31 heavy (non-hydrogen) atoms. The molecule has 0 fully saturated rings. The van der Waals surface area contributed by atoms with Gasteiger partial charge in [0.15, 0.2) is 0 Å². The van der Waals surface area contributed by atoms with Crippen molar-refractivity contribution in [2.45, 2.75) is 32.4 Å². The van der Waals surface area contributed by atoms with Crippen molar-refractivity contribution in [1.82, 2.24) is 9.55 Å². The van der Waals surface area contributed by atoms with E-state index in [1.54, 1.807) is 6.20 Å². The van der Waals surface area contributed by atoms with Crippen LogP contribution in [0.1, 0.15) is 29.7 Å². The van der Waals surface area contributed by atoms with Crippen LogP contribution in [0.3, 0.4) is 0 Å². The Hall–Kier alpha value is -3.37. The van der Waals surface area contributed by atoms with E-state index >= 15 is 0 Å². The Morgan fingerprint density at radius 1 is 1.03 bits per heavy atom. The molecule has 0 spiro atoms.